The molecule has 0 rings (SSSR count). The Kier molecular flexibility index (Phi) is 24.1. The van der Waals surface area contributed by atoms with E-state index in [9.17, 15) is 4.79 Å². The van der Waals surface area contributed by atoms with Gasteiger partial charge in [0.1, 0.15) is 6.61 Å². The lowest BCUT2D eigenvalue weighted by molar-refractivity contribution is -0.126. The molecule has 0 unspecified atom stereocenters. The maximum absolute atomic E-state index is 11.0. The number of methoxy groups -OCH3 is 1. The minimum absolute atomic E-state index is 0.0759. The highest BCUT2D eigenvalue weighted by molar-refractivity contribution is 5.77. The fraction of sp³-hybridized carbons (Fsp3) is 0.933. The van der Waals surface area contributed by atoms with Crippen LogP contribution >= 0.6 is 0 Å². The number of amides is 1. The van der Waals surface area contributed by atoms with Crippen LogP contribution in [0.3, 0.4) is 0 Å². The van der Waals surface area contributed by atoms with Crippen LogP contribution in [0.1, 0.15) is 20.8 Å². The molecule has 0 spiro atoms. The molecule has 7 nitrogen and oxygen atoms in total. The molecule has 0 aromatic rings. The van der Waals surface area contributed by atoms with E-state index in [1.807, 2.05) is 20.8 Å². The first kappa shape index (κ1) is 23.5. The zero-order valence-corrected chi connectivity index (χ0v) is 14.5. The molecule has 0 heterocycles. The van der Waals surface area contributed by atoms with Crippen LogP contribution < -0.4 is 5.32 Å². The fourth-order valence-electron chi connectivity index (χ4n) is 1.22. The van der Waals surface area contributed by atoms with Crippen molar-refractivity contribution in [1.82, 2.24) is 5.32 Å². The fourth-order valence-corrected chi connectivity index (χ4v) is 1.22. The average molecular weight is 323 g/mol. The smallest absolute Gasteiger partial charge is 0.245 e. The van der Waals surface area contributed by atoms with Gasteiger partial charge < -0.3 is 29.0 Å². The molecular formula is C15H33NO6. The van der Waals surface area contributed by atoms with Crippen LogP contribution in [-0.2, 0) is 28.5 Å². The summed E-state index contributed by atoms with van der Waals surface area (Å²) in [6, 6.07) is 0. The molecular weight excluding hydrogens is 290 g/mol. The second kappa shape index (κ2) is 22.5. The Balaban J connectivity index is 0. The molecule has 1 amide bonds. The van der Waals surface area contributed by atoms with Gasteiger partial charge in [0, 0.05) is 13.7 Å². The SMILES string of the molecule is CC.CCNC(=O)COCCOCCOCCOCCOC. The maximum Gasteiger partial charge on any atom is 0.245 e. The Labute approximate surface area is 134 Å². The van der Waals surface area contributed by atoms with Crippen molar-refractivity contribution in [2.75, 3.05) is 73.1 Å². The van der Waals surface area contributed by atoms with E-state index in [0.29, 0.717) is 59.4 Å². The lowest BCUT2D eigenvalue weighted by Crippen LogP contribution is -2.27. The van der Waals surface area contributed by atoms with Crippen molar-refractivity contribution in [3.05, 3.63) is 0 Å². The number of ether oxygens (including phenoxy) is 5. The first-order chi connectivity index (χ1) is 10.8. The van der Waals surface area contributed by atoms with Crippen molar-refractivity contribution in [3.63, 3.8) is 0 Å². The minimum Gasteiger partial charge on any atom is -0.382 e. The van der Waals surface area contributed by atoms with E-state index in [-0.39, 0.29) is 12.5 Å². The number of carbonyl (C=O) groups excluding carboxylic acids is 1. The van der Waals surface area contributed by atoms with Crippen molar-refractivity contribution in [2.24, 2.45) is 0 Å². The van der Waals surface area contributed by atoms with E-state index in [4.69, 9.17) is 23.7 Å². The van der Waals surface area contributed by atoms with Crippen LogP contribution in [0.15, 0.2) is 0 Å². The standard InChI is InChI=1S/C13H27NO6.C2H6/c1-3-14-13(15)12-20-11-10-19-9-8-18-7-6-17-5-4-16-2;1-2/h3-12H2,1-2H3,(H,14,15);1-2H3. The number of nitrogens with one attached hydrogen (secondary N) is 1. The first-order valence-corrected chi connectivity index (χ1v) is 7.87. The zero-order chi connectivity index (χ0) is 16.9. The Morgan fingerprint density at radius 3 is 1.59 bits per heavy atom. The first-order valence-electron chi connectivity index (χ1n) is 7.87. The van der Waals surface area contributed by atoms with Crippen molar-refractivity contribution in [3.8, 4) is 0 Å². The van der Waals surface area contributed by atoms with Crippen molar-refractivity contribution in [2.45, 2.75) is 20.8 Å². The van der Waals surface area contributed by atoms with Crippen LogP contribution in [0.2, 0.25) is 0 Å². The second-order valence-electron chi connectivity index (χ2n) is 3.84. The highest BCUT2D eigenvalue weighted by Gasteiger charge is 1.98. The second-order valence-corrected chi connectivity index (χ2v) is 3.84. The third kappa shape index (κ3) is 21.6. The van der Waals surface area contributed by atoms with Gasteiger partial charge in [-0.05, 0) is 6.92 Å². The predicted molar refractivity (Wildman–Crippen MR) is 85.2 cm³/mol. The Morgan fingerprint density at radius 1 is 0.773 bits per heavy atom. The summed E-state index contributed by atoms with van der Waals surface area (Å²) >= 11 is 0. The van der Waals surface area contributed by atoms with Crippen LogP contribution in [0.4, 0.5) is 0 Å². The molecule has 7 heteroatoms. The number of carbonyl (C=O) groups is 1. The quantitative estimate of drug-likeness (QED) is 0.451. The topological polar surface area (TPSA) is 75.3 Å². The third-order valence-electron chi connectivity index (χ3n) is 2.15. The van der Waals surface area contributed by atoms with E-state index in [1.165, 1.54) is 0 Å². The summed E-state index contributed by atoms with van der Waals surface area (Å²) in [5.74, 6) is -0.107. The molecule has 134 valence electrons. The summed E-state index contributed by atoms with van der Waals surface area (Å²) in [5, 5.41) is 2.64. The van der Waals surface area contributed by atoms with Gasteiger partial charge in [-0.15, -0.1) is 0 Å². The molecule has 0 aromatic carbocycles. The lowest BCUT2D eigenvalue weighted by atomic mass is 10.6. The number of hydrogen-bond acceptors (Lipinski definition) is 6. The average Bonchev–Trinajstić information content (AvgIpc) is 2.54. The summed E-state index contributed by atoms with van der Waals surface area (Å²) in [7, 11) is 1.64. The summed E-state index contributed by atoms with van der Waals surface area (Å²) < 4.78 is 25.8. The van der Waals surface area contributed by atoms with E-state index >= 15 is 0 Å². The monoisotopic (exact) mass is 323 g/mol. The van der Waals surface area contributed by atoms with Gasteiger partial charge >= 0.3 is 0 Å². The summed E-state index contributed by atoms with van der Waals surface area (Å²) in [6.07, 6.45) is 0. The van der Waals surface area contributed by atoms with Crippen LogP contribution in [0, 0.1) is 0 Å². The highest BCUT2D eigenvalue weighted by atomic mass is 16.6. The number of hydrogen-bond donors (Lipinski definition) is 1. The summed E-state index contributed by atoms with van der Waals surface area (Å²) in [5.41, 5.74) is 0. The van der Waals surface area contributed by atoms with Gasteiger partial charge in [0.2, 0.25) is 5.91 Å². The van der Waals surface area contributed by atoms with Gasteiger partial charge in [-0.25, -0.2) is 0 Å². The maximum atomic E-state index is 11.0. The van der Waals surface area contributed by atoms with E-state index in [0.717, 1.165) is 0 Å². The molecule has 0 aromatic heterocycles. The number of rotatable bonds is 15. The molecule has 0 bridgehead atoms. The number of likely N-dealkylation sites (N-methyl/N-ethyl adjacent to an activating group) is 1. The summed E-state index contributed by atoms with van der Waals surface area (Å²) in [6.45, 7) is 10.7. The lowest BCUT2D eigenvalue weighted by Gasteiger charge is -2.07. The van der Waals surface area contributed by atoms with Gasteiger partial charge in [-0.2, -0.15) is 0 Å². The molecule has 1 N–H and O–H groups in total. The van der Waals surface area contributed by atoms with Crippen LogP contribution in [-0.4, -0.2) is 79.0 Å². The minimum atomic E-state index is -0.107. The third-order valence-corrected chi connectivity index (χ3v) is 2.15. The van der Waals surface area contributed by atoms with E-state index in [2.05, 4.69) is 5.32 Å². The van der Waals surface area contributed by atoms with Gasteiger partial charge in [-0.3, -0.25) is 4.79 Å². The van der Waals surface area contributed by atoms with E-state index < -0.39 is 0 Å². The summed E-state index contributed by atoms with van der Waals surface area (Å²) in [4.78, 5) is 11.0. The Bertz CT molecular complexity index is 216. The molecule has 22 heavy (non-hydrogen) atoms. The predicted octanol–water partition coefficient (Wildman–Crippen LogP) is 0.862. The van der Waals surface area contributed by atoms with Gasteiger partial charge in [0.15, 0.2) is 0 Å². The van der Waals surface area contributed by atoms with E-state index in [1.54, 1.807) is 7.11 Å². The van der Waals surface area contributed by atoms with Crippen LogP contribution in [0.25, 0.3) is 0 Å². The van der Waals surface area contributed by atoms with Gasteiger partial charge in [-0.1, -0.05) is 13.8 Å². The highest BCUT2D eigenvalue weighted by Crippen LogP contribution is 1.83. The van der Waals surface area contributed by atoms with Crippen LogP contribution in [0.5, 0.6) is 0 Å². The molecule has 0 aliphatic carbocycles. The van der Waals surface area contributed by atoms with Crippen molar-refractivity contribution < 1.29 is 28.5 Å². The molecule has 0 radical (unpaired) electrons. The van der Waals surface area contributed by atoms with Crippen molar-refractivity contribution in [1.29, 1.82) is 0 Å². The molecule has 0 saturated heterocycles. The molecule has 0 saturated carbocycles. The normalized spacial score (nSPS) is 10.0. The molecule has 0 aliphatic rings. The molecule has 0 aliphatic heterocycles. The van der Waals surface area contributed by atoms with Gasteiger partial charge in [0.25, 0.3) is 0 Å². The Morgan fingerprint density at radius 2 is 1.18 bits per heavy atom. The largest absolute Gasteiger partial charge is 0.382 e. The Hall–Kier alpha value is -0.730. The molecule has 0 atom stereocenters. The van der Waals surface area contributed by atoms with Crippen molar-refractivity contribution >= 4 is 5.91 Å². The molecule has 0 fully saturated rings. The van der Waals surface area contributed by atoms with Gasteiger partial charge in [0.05, 0.1) is 52.9 Å². The zero-order valence-electron chi connectivity index (χ0n) is 14.5.